The summed E-state index contributed by atoms with van der Waals surface area (Å²) in [5.41, 5.74) is -0.168. The first-order valence-electron chi connectivity index (χ1n) is 7.33. The molecule has 0 radical (unpaired) electrons. The van der Waals surface area contributed by atoms with Crippen molar-refractivity contribution in [2.24, 2.45) is 0 Å². The van der Waals surface area contributed by atoms with E-state index in [1.54, 1.807) is 48.5 Å². The molecule has 0 aliphatic rings. The number of alkyl halides is 3. The predicted molar refractivity (Wildman–Crippen MR) is 94.3 cm³/mol. The van der Waals surface area contributed by atoms with Crippen molar-refractivity contribution in [1.29, 1.82) is 0 Å². The maximum atomic E-state index is 13.2. The SMILES string of the molecule is COc1nc2ccccc2c(Sc2ccc(Cl)cc2)c1C(=O)C(F)(F)F. The van der Waals surface area contributed by atoms with Gasteiger partial charge < -0.3 is 4.74 Å². The molecule has 0 fully saturated rings. The van der Waals surface area contributed by atoms with Crippen LogP contribution >= 0.6 is 23.4 Å². The summed E-state index contributed by atoms with van der Waals surface area (Å²) in [6.45, 7) is 0. The first-order valence-corrected chi connectivity index (χ1v) is 8.52. The van der Waals surface area contributed by atoms with Gasteiger partial charge in [0.2, 0.25) is 5.88 Å². The van der Waals surface area contributed by atoms with E-state index in [2.05, 4.69) is 4.98 Å². The predicted octanol–water partition coefficient (Wildman–Crippen LogP) is 5.79. The smallest absolute Gasteiger partial charge is 0.455 e. The number of hydrogen-bond donors (Lipinski definition) is 0. The lowest BCUT2D eigenvalue weighted by Crippen LogP contribution is -2.24. The van der Waals surface area contributed by atoms with Gasteiger partial charge in [-0.15, -0.1) is 0 Å². The van der Waals surface area contributed by atoms with Crippen molar-refractivity contribution in [1.82, 2.24) is 4.98 Å². The summed E-state index contributed by atoms with van der Waals surface area (Å²) >= 11 is 6.88. The number of nitrogens with zero attached hydrogens (tertiary/aromatic N) is 1. The number of aromatic nitrogens is 1. The van der Waals surface area contributed by atoms with Crippen LogP contribution < -0.4 is 4.74 Å². The third-order valence-corrected chi connectivity index (χ3v) is 4.91. The molecule has 0 N–H and O–H groups in total. The monoisotopic (exact) mass is 397 g/mol. The second-order valence-electron chi connectivity index (χ2n) is 5.23. The zero-order valence-corrected chi connectivity index (χ0v) is 14.9. The van der Waals surface area contributed by atoms with Gasteiger partial charge >= 0.3 is 6.18 Å². The van der Waals surface area contributed by atoms with Crippen LogP contribution in [0.5, 0.6) is 5.88 Å². The lowest BCUT2D eigenvalue weighted by Gasteiger charge is -2.16. The van der Waals surface area contributed by atoms with Crippen molar-refractivity contribution in [2.45, 2.75) is 16.0 Å². The number of methoxy groups -OCH3 is 1. The van der Waals surface area contributed by atoms with Gasteiger partial charge in [-0.2, -0.15) is 13.2 Å². The van der Waals surface area contributed by atoms with E-state index in [-0.39, 0.29) is 10.8 Å². The van der Waals surface area contributed by atoms with E-state index in [4.69, 9.17) is 16.3 Å². The zero-order valence-electron chi connectivity index (χ0n) is 13.3. The van der Waals surface area contributed by atoms with Crippen molar-refractivity contribution in [3.05, 3.63) is 59.1 Å². The number of para-hydroxylation sites is 1. The van der Waals surface area contributed by atoms with E-state index in [9.17, 15) is 18.0 Å². The van der Waals surface area contributed by atoms with E-state index < -0.39 is 17.5 Å². The Kier molecular flexibility index (Phi) is 5.11. The normalized spacial score (nSPS) is 11.6. The quantitative estimate of drug-likeness (QED) is 0.522. The minimum absolute atomic E-state index is 0.136. The van der Waals surface area contributed by atoms with E-state index in [0.29, 0.717) is 20.8 Å². The van der Waals surface area contributed by atoms with Crippen LogP contribution in [0.3, 0.4) is 0 Å². The number of ketones is 1. The number of fused-ring (bicyclic) bond motifs is 1. The summed E-state index contributed by atoms with van der Waals surface area (Å²) in [5.74, 6) is -2.36. The number of pyridine rings is 1. The Hall–Kier alpha value is -2.25. The Labute approximate surface area is 156 Å². The molecule has 0 aliphatic carbocycles. The van der Waals surface area contributed by atoms with Gasteiger partial charge in [0, 0.05) is 20.2 Å². The van der Waals surface area contributed by atoms with E-state index >= 15 is 0 Å². The number of hydrogen-bond acceptors (Lipinski definition) is 4. The van der Waals surface area contributed by atoms with Crippen LogP contribution in [0.2, 0.25) is 5.02 Å². The van der Waals surface area contributed by atoms with Gasteiger partial charge in [-0.3, -0.25) is 4.79 Å². The Morgan fingerprint density at radius 3 is 2.38 bits per heavy atom. The molecule has 0 aliphatic heterocycles. The first kappa shape index (κ1) is 18.5. The van der Waals surface area contributed by atoms with Gasteiger partial charge in [-0.05, 0) is 30.3 Å². The van der Waals surface area contributed by atoms with Crippen LogP contribution in [-0.4, -0.2) is 24.1 Å². The first-order chi connectivity index (χ1) is 12.3. The average molecular weight is 398 g/mol. The topological polar surface area (TPSA) is 39.2 Å². The number of rotatable bonds is 4. The molecule has 3 nitrogen and oxygen atoms in total. The molecular formula is C18H11ClF3NO2S. The largest absolute Gasteiger partial charge is 0.480 e. The highest BCUT2D eigenvalue weighted by molar-refractivity contribution is 7.99. The van der Waals surface area contributed by atoms with Gasteiger partial charge in [-0.1, -0.05) is 41.6 Å². The Balaban J connectivity index is 2.28. The van der Waals surface area contributed by atoms with Crippen LogP contribution in [0.25, 0.3) is 10.9 Å². The third kappa shape index (κ3) is 3.64. The fraction of sp³-hybridized carbons (Fsp3) is 0.111. The molecule has 1 heterocycles. The number of ether oxygens (including phenoxy) is 1. The molecule has 0 saturated heterocycles. The van der Waals surface area contributed by atoms with Gasteiger partial charge in [0.05, 0.1) is 12.6 Å². The molecule has 8 heteroatoms. The highest BCUT2D eigenvalue weighted by atomic mass is 35.5. The molecular weight excluding hydrogens is 387 g/mol. The number of carbonyl (C=O) groups excluding carboxylic acids is 1. The van der Waals surface area contributed by atoms with Crippen LogP contribution in [-0.2, 0) is 0 Å². The summed E-state index contributed by atoms with van der Waals surface area (Å²) in [4.78, 5) is 16.9. The lowest BCUT2D eigenvalue weighted by atomic mass is 10.1. The third-order valence-electron chi connectivity index (χ3n) is 3.52. The molecule has 0 bridgehead atoms. The number of carbonyl (C=O) groups is 1. The van der Waals surface area contributed by atoms with Crippen LogP contribution in [0.4, 0.5) is 13.2 Å². The minimum Gasteiger partial charge on any atom is -0.480 e. The van der Waals surface area contributed by atoms with Crippen LogP contribution in [0.1, 0.15) is 10.4 Å². The molecule has 0 unspecified atom stereocenters. The standard InChI is InChI=1S/C18H11ClF3NO2S/c1-25-17-14(16(24)18(20,21)22)15(12-4-2-3-5-13(12)23-17)26-11-8-6-10(19)7-9-11/h2-9H,1H3. The molecule has 0 spiro atoms. The van der Waals surface area contributed by atoms with Gasteiger partial charge in [0.15, 0.2) is 0 Å². The number of benzene rings is 2. The Morgan fingerprint density at radius 1 is 1.12 bits per heavy atom. The highest BCUT2D eigenvalue weighted by Gasteiger charge is 2.43. The van der Waals surface area contributed by atoms with Crippen LogP contribution in [0, 0.1) is 0 Å². The average Bonchev–Trinajstić information content (AvgIpc) is 2.61. The summed E-state index contributed by atoms with van der Waals surface area (Å²) in [7, 11) is 1.18. The summed E-state index contributed by atoms with van der Waals surface area (Å²) < 4.78 is 44.5. The minimum atomic E-state index is -5.05. The van der Waals surface area contributed by atoms with Crippen LogP contribution in [0.15, 0.2) is 58.3 Å². The molecule has 3 rings (SSSR count). The molecule has 134 valence electrons. The van der Waals surface area contributed by atoms with Crippen molar-refractivity contribution < 1.29 is 22.7 Å². The number of Topliss-reactive ketones (excluding diaryl/α,β-unsaturated/α-hetero) is 1. The van der Waals surface area contributed by atoms with Gasteiger partial charge in [0.25, 0.3) is 5.78 Å². The second-order valence-corrected chi connectivity index (χ2v) is 6.75. The van der Waals surface area contributed by atoms with E-state index in [1.165, 1.54) is 7.11 Å². The van der Waals surface area contributed by atoms with Gasteiger partial charge in [0.1, 0.15) is 5.56 Å². The van der Waals surface area contributed by atoms with Crippen molar-refractivity contribution >= 4 is 40.0 Å². The molecule has 1 aromatic heterocycles. The summed E-state index contributed by atoms with van der Waals surface area (Å²) in [5, 5.41) is 0.930. The van der Waals surface area contributed by atoms with Crippen molar-refractivity contribution in [3.63, 3.8) is 0 Å². The van der Waals surface area contributed by atoms with Crippen molar-refractivity contribution in [2.75, 3.05) is 7.11 Å². The maximum Gasteiger partial charge on any atom is 0.455 e. The molecule has 2 aromatic carbocycles. The fourth-order valence-electron chi connectivity index (χ4n) is 2.38. The Bertz CT molecular complexity index is 975. The zero-order chi connectivity index (χ0) is 18.9. The maximum absolute atomic E-state index is 13.2. The molecule has 0 saturated carbocycles. The summed E-state index contributed by atoms with van der Waals surface area (Å²) in [6, 6.07) is 13.2. The molecule has 3 aromatic rings. The molecule has 0 amide bonds. The molecule has 0 atom stereocenters. The van der Waals surface area contributed by atoms with Crippen molar-refractivity contribution in [3.8, 4) is 5.88 Å². The Morgan fingerprint density at radius 2 is 1.77 bits per heavy atom. The number of halogens is 4. The van der Waals surface area contributed by atoms with E-state index in [0.717, 1.165) is 11.8 Å². The fourth-order valence-corrected chi connectivity index (χ4v) is 3.57. The van der Waals surface area contributed by atoms with E-state index in [1.807, 2.05) is 0 Å². The summed E-state index contributed by atoms with van der Waals surface area (Å²) in [6.07, 6.45) is -5.05. The highest BCUT2D eigenvalue weighted by Crippen LogP contribution is 2.41. The van der Waals surface area contributed by atoms with Gasteiger partial charge in [-0.25, -0.2) is 4.98 Å². The lowest BCUT2D eigenvalue weighted by molar-refractivity contribution is -0.0888. The molecule has 26 heavy (non-hydrogen) atoms. The second kappa shape index (κ2) is 7.17.